The van der Waals surface area contributed by atoms with Crippen molar-refractivity contribution in [1.82, 2.24) is 0 Å². The summed E-state index contributed by atoms with van der Waals surface area (Å²) in [7, 11) is 0. The molecule has 3 aliphatic rings. The Morgan fingerprint density at radius 1 is 0.931 bits per heavy atom. The van der Waals surface area contributed by atoms with E-state index >= 15 is 0 Å². The summed E-state index contributed by atoms with van der Waals surface area (Å²) in [6.07, 6.45) is 3.09. The van der Waals surface area contributed by atoms with E-state index in [-0.39, 0.29) is 34.2 Å². The van der Waals surface area contributed by atoms with Crippen LogP contribution in [-0.4, -0.2) is 17.8 Å². The van der Waals surface area contributed by atoms with Gasteiger partial charge in [-0.15, -0.1) is 0 Å². The summed E-state index contributed by atoms with van der Waals surface area (Å²) in [5.41, 5.74) is 0.714. The Bertz CT molecular complexity index is 1010. The minimum absolute atomic E-state index is 0.0927. The van der Waals surface area contributed by atoms with Crippen LogP contribution in [0.3, 0.4) is 0 Å². The van der Waals surface area contributed by atoms with Crippen LogP contribution in [0, 0.1) is 23.7 Å². The maximum Gasteiger partial charge on any atom is 0.345 e. The lowest BCUT2D eigenvalue weighted by atomic mass is 9.81. The summed E-state index contributed by atoms with van der Waals surface area (Å²) in [6.45, 7) is 0. The summed E-state index contributed by atoms with van der Waals surface area (Å²) in [6, 6.07) is 10.9. The summed E-state index contributed by atoms with van der Waals surface area (Å²) in [5, 5.41) is 0.627. The number of halogens is 2. The molecule has 29 heavy (non-hydrogen) atoms. The van der Waals surface area contributed by atoms with Crippen molar-refractivity contribution < 1.29 is 19.1 Å². The molecule has 0 aromatic heterocycles. The van der Waals surface area contributed by atoms with E-state index in [0.717, 1.165) is 19.3 Å². The number of carbonyl (C=O) groups excluding carboxylic acids is 3. The number of hydrogen-bond acceptors (Lipinski definition) is 4. The normalized spacial score (nSPS) is 27.4. The first kappa shape index (κ1) is 18.6. The van der Waals surface area contributed by atoms with Gasteiger partial charge >= 0.3 is 5.97 Å². The Hall–Kier alpha value is -2.37. The number of ether oxygens (including phenoxy) is 1. The number of hydrogen-bond donors (Lipinski definition) is 0. The molecule has 1 heterocycles. The predicted octanol–water partition coefficient (Wildman–Crippen LogP) is 4.75. The van der Waals surface area contributed by atoms with E-state index in [0.29, 0.717) is 28.3 Å². The van der Waals surface area contributed by atoms with E-state index in [1.807, 2.05) is 0 Å². The highest BCUT2D eigenvalue weighted by atomic mass is 35.5. The van der Waals surface area contributed by atoms with Crippen molar-refractivity contribution in [3.8, 4) is 5.75 Å². The van der Waals surface area contributed by atoms with Crippen LogP contribution < -0.4 is 9.64 Å². The predicted molar refractivity (Wildman–Crippen MR) is 108 cm³/mol. The zero-order valence-electron chi connectivity index (χ0n) is 15.3. The molecule has 0 unspecified atom stereocenters. The van der Waals surface area contributed by atoms with Gasteiger partial charge < -0.3 is 4.74 Å². The molecule has 0 N–H and O–H groups in total. The van der Waals surface area contributed by atoms with E-state index in [1.165, 1.54) is 17.0 Å². The summed E-state index contributed by atoms with van der Waals surface area (Å²) in [4.78, 5) is 39.4. The number of imide groups is 1. The lowest BCUT2D eigenvalue weighted by Crippen LogP contribution is -2.32. The number of rotatable bonds is 3. The molecule has 0 spiro atoms. The first-order chi connectivity index (χ1) is 13.9. The number of carbonyl (C=O) groups is 3. The van der Waals surface area contributed by atoms with Crippen molar-refractivity contribution in [2.75, 3.05) is 4.90 Å². The molecular formula is C22H17Cl2NO4. The lowest BCUT2D eigenvalue weighted by molar-refractivity contribution is -0.123. The van der Waals surface area contributed by atoms with Gasteiger partial charge in [-0.3, -0.25) is 14.5 Å². The van der Waals surface area contributed by atoms with E-state index in [4.69, 9.17) is 27.9 Å². The molecule has 2 aromatic rings. The van der Waals surface area contributed by atoms with Gasteiger partial charge in [0.15, 0.2) is 0 Å². The minimum Gasteiger partial charge on any atom is -0.423 e. The maximum absolute atomic E-state index is 12.9. The van der Waals surface area contributed by atoms with Gasteiger partial charge in [0.05, 0.1) is 28.1 Å². The second kappa shape index (κ2) is 6.85. The van der Waals surface area contributed by atoms with Gasteiger partial charge in [-0.05, 0) is 73.6 Å². The zero-order chi connectivity index (χ0) is 20.3. The second-order valence-electron chi connectivity index (χ2n) is 7.90. The van der Waals surface area contributed by atoms with Crippen molar-refractivity contribution in [2.45, 2.75) is 19.3 Å². The first-order valence-corrected chi connectivity index (χ1v) is 10.3. The van der Waals surface area contributed by atoms with Crippen LogP contribution in [0.25, 0.3) is 0 Å². The summed E-state index contributed by atoms with van der Waals surface area (Å²) in [5.74, 6) is -0.138. The average molecular weight is 430 g/mol. The van der Waals surface area contributed by atoms with Gasteiger partial charge in [0.25, 0.3) is 0 Å². The first-order valence-electron chi connectivity index (χ1n) is 9.59. The van der Waals surface area contributed by atoms with E-state index in [9.17, 15) is 14.4 Å². The van der Waals surface area contributed by atoms with E-state index in [1.54, 1.807) is 30.3 Å². The van der Waals surface area contributed by atoms with Crippen molar-refractivity contribution in [1.29, 1.82) is 0 Å². The lowest BCUT2D eigenvalue weighted by Gasteiger charge is -2.19. The van der Waals surface area contributed by atoms with Gasteiger partial charge in [-0.2, -0.15) is 0 Å². The van der Waals surface area contributed by atoms with Gasteiger partial charge in [0, 0.05) is 5.02 Å². The Kier molecular flexibility index (Phi) is 4.41. The molecule has 1 aliphatic heterocycles. The number of nitrogens with zero attached hydrogens (tertiary/aromatic N) is 1. The highest BCUT2D eigenvalue weighted by molar-refractivity contribution is 6.36. The molecule has 2 bridgehead atoms. The third-order valence-electron chi connectivity index (χ3n) is 6.38. The van der Waals surface area contributed by atoms with Crippen LogP contribution in [0.4, 0.5) is 5.69 Å². The average Bonchev–Trinajstić information content (AvgIpc) is 3.36. The molecule has 5 rings (SSSR count). The number of esters is 1. The smallest absolute Gasteiger partial charge is 0.345 e. The Morgan fingerprint density at radius 3 is 2.14 bits per heavy atom. The SMILES string of the molecule is O=C(Oc1ccc(N2C(=O)[C@@H]3[C@@H]4CC[C@@H](C4)[C@@H]3C2=O)cc1)c1ccc(Cl)cc1Cl. The van der Waals surface area contributed by atoms with Gasteiger partial charge in [-0.25, -0.2) is 4.79 Å². The fraction of sp³-hybridized carbons (Fsp3) is 0.318. The van der Waals surface area contributed by atoms with Gasteiger partial charge in [0.2, 0.25) is 11.8 Å². The van der Waals surface area contributed by atoms with Gasteiger partial charge in [-0.1, -0.05) is 23.2 Å². The highest BCUT2D eigenvalue weighted by Crippen LogP contribution is 2.56. The van der Waals surface area contributed by atoms with Crippen molar-refractivity contribution in [3.63, 3.8) is 0 Å². The quantitative estimate of drug-likeness (QED) is 0.401. The van der Waals surface area contributed by atoms with Gasteiger partial charge in [0.1, 0.15) is 5.75 Å². The topological polar surface area (TPSA) is 63.7 Å². The fourth-order valence-corrected chi connectivity index (χ4v) is 5.63. The Labute approximate surface area is 177 Å². The summed E-state index contributed by atoms with van der Waals surface area (Å²) < 4.78 is 5.36. The monoisotopic (exact) mass is 429 g/mol. The third kappa shape index (κ3) is 2.95. The molecule has 7 heteroatoms. The Balaban J connectivity index is 1.34. The largest absolute Gasteiger partial charge is 0.423 e. The standard InChI is InChI=1S/C22H17Cl2NO4/c23-13-3-8-16(17(24)10-13)22(28)29-15-6-4-14(5-7-15)25-20(26)18-11-1-2-12(9-11)19(18)21(25)27/h3-8,10-12,18-19H,1-2,9H2/t11-,12+,18-,19+. The van der Waals surface area contributed by atoms with Crippen molar-refractivity contribution in [3.05, 3.63) is 58.1 Å². The van der Waals surface area contributed by atoms with Crippen LogP contribution in [0.2, 0.25) is 10.0 Å². The van der Waals surface area contributed by atoms with Crippen molar-refractivity contribution in [2.24, 2.45) is 23.7 Å². The molecular weight excluding hydrogens is 413 g/mol. The van der Waals surface area contributed by atoms with Crippen LogP contribution >= 0.6 is 23.2 Å². The molecule has 2 aliphatic carbocycles. The molecule has 148 valence electrons. The van der Waals surface area contributed by atoms with E-state index < -0.39 is 5.97 Å². The molecule has 3 fully saturated rings. The number of amides is 2. The zero-order valence-corrected chi connectivity index (χ0v) is 16.8. The number of benzene rings is 2. The van der Waals surface area contributed by atoms with Crippen molar-refractivity contribution >= 4 is 46.7 Å². The van der Waals surface area contributed by atoms with Crippen LogP contribution in [0.15, 0.2) is 42.5 Å². The Morgan fingerprint density at radius 2 is 1.55 bits per heavy atom. The van der Waals surface area contributed by atoms with Crippen LogP contribution in [-0.2, 0) is 9.59 Å². The molecule has 5 nitrogen and oxygen atoms in total. The molecule has 2 aromatic carbocycles. The molecule has 2 amide bonds. The highest BCUT2D eigenvalue weighted by Gasteiger charge is 2.61. The molecule has 0 radical (unpaired) electrons. The molecule has 4 atom stereocenters. The molecule has 2 saturated carbocycles. The number of fused-ring (bicyclic) bond motifs is 5. The van der Waals surface area contributed by atoms with Crippen LogP contribution in [0.5, 0.6) is 5.75 Å². The maximum atomic E-state index is 12.9. The second-order valence-corrected chi connectivity index (χ2v) is 8.75. The fourth-order valence-electron chi connectivity index (χ4n) is 5.14. The number of anilines is 1. The van der Waals surface area contributed by atoms with E-state index in [2.05, 4.69) is 0 Å². The van der Waals surface area contributed by atoms with Crippen LogP contribution in [0.1, 0.15) is 29.6 Å². The third-order valence-corrected chi connectivity index (χ3v) is 6.93. The summed E-state index contributed by atoms with van der Waals surface area (Å²) >= 11 is 11.9. The minimum atomic E-state index is -0.612. The molecule has 1 saturated heterocycles.